The summed E-state index contributed by atoms with van der Waals surface area (Å²) < 4.78 is 17.5. The Balaban J connectivity index is 1.28. The van der Waals surface area contributed by atoms with Crippen molar-refractivity contribution in [3.05, 3.63) is 35.9 Å². The molecule has 5 rings (SSSR count). The molecule has 3 aliphatic heterocycles. The van der Waals surface area contributed by atoms with Crippen molar-refractivity contribution in [1.29, 1.82) is 0 Å². The second-order valence-corrected chi connectivity index (χ2v) is 6.64. The molecule has 2 bridgehead atoms. The van der Waals surface area contributed by atoms with Gasteiger partial charge in [-0.05, 0) is 24.3 Å². The molecule has 0 aromatic heterocycles. The average Bonchev–Trinajstić information content (AvgIpc) is 2.83. The fraction of sp³-hybridized carbons (Fsp3) is 0.529. The number of alkyl halides is 1. The van der Waals surface area contributed by atoms with Crippen LogP contribution in [-0.4, -0.2) is 53.4 Å². The third-order valence-corrected chi connectivity index (χ3v) is 5.32. The van der Waals surface area contributed by atoms with Gasteiger partial charge in [0.15, 0.2) is 0 Å². The summed E-state index contributed by atoms with van der Waals surface area (Å²) in [6.45, 7) is 1.36. The lowest BCUT2D eigenvalue weighted by Crippen LogP contribution is -2.43. The molecule has 4 aliphatic rings. The number of carbonyl (C=O) groups is 2. The van der Waals surface area contributed by atoms with Gasteiger partial charge in [-0.1, -0.05) is 30.3 Å². The number of nitrogens with one attached hydrogen (secondary N) is 1. The summed E-state index contributed by atoms with van der Waals surface area (Å²) in [5.74, 6) is 0.454. The Labute approximate surface area is 139 Å². The van der Waals surface area contributed by atoms with Gasteiger partial charge >= 0.3 is 12.1 Å². The predicted molar refractivity (Wildman–Crippen MR) is 83.8 cm³/mol. The summed E-state index contributed by atoms with van der Waals surface area (Å²) in [7, 11) is 0. The Kier molecular flexibility index (Phi) is 3.68. The van der Waals surface area contributed by atoms with Crippen LogP contribution in [0.25, 0.3) is 0 Å². The highest BCUT2D eigenvalue weighted by molar-refractivity contribution is 5.93. The number of carbonyl (C=O) groups excluding carboxylic acids is 2. The summed E-state index contributed by atoms with van der Waals surface area (Å²) in [5, 5.41) is 2.29. The largest absolute Gasteiger partial charge is 0.444 e. The minimum atomic E-state index is -0.738. The monoisotopic (exact) mass is 333 g/mol. The van der Waals surface area contributed by atoms with Gasteiger partial charge in [0.05, 0.1) is 12.7 Å². The van der Waals surface area contributed by atoms with Gasteiger partial charge in [-0.2, -0.15) is 0 Å². The van der Waals surface area contributed by atoms with E-state index in [1.807, 2.05) is 30.3 Å². The molecule has 24 heavy (non-hydrogen) atoms. The van der Waals surface area contributed by atoms with E-state index in [1.54, 1.807) is 4.90 Å². The van der Waals surface area contributed by atoms with Crippen LogP contribution in [0.15, 0.2) is 30.3 Å². The molecule has 3 amide bonds. The minimum Gasteiger partial charge on any atom is -0.444 e. The van der Waals surface area contributed by atoms with Crippen molar-refractivity contribution in [2.45, 2.75) is 31.2 Å². The Hall–Kier alpha value is -2.15. The van der Waals surface area contributed by atoms with Crippen molar-refractivity contribution in [1.82, 2.24) is 15.1 Å². The van der Waals surface area contributed by atoms with Crippen LogP contribution >= 0.6 is 0 Å². The van der Waals surface area contributed by atoms with Gasteiger partial charge in [0, 0.05) is 13.1 Å². The fourth-order valence-electron chi connectivity index (χ4n) is 4.31. The van der Waals surface area contributed by atoms with Gasteiger partial charge in [0.2, 0.25) is 0 Å². The van der Waals surface area contributed by atoms with Gasteiger partial charge in [0.25, 0.3) is 0 Å². The Morgan fingerprint density at radius 3 is 2.83 bits per heavy atom. The molecule has 1 N–H and O–H groups in total. The number of hydrogen-bond acceptors (Lipinski definition) is 4. The van der Waals surface area contributed by atoms with Gasteiger partial charge in [-0.3, -0.25) is 14.2 Å². The minimum absolute atomic E-state index is 0.125. The van der Waals surface area contributed by atoms with Crippen molar-refractivity contribution in [3.63, 3.8) is 0 Å². The molecule has 6 nitrogen and oxygen atoms in total. The number of imide groups is 1. The van der Waals surface area contributed by atoms with Crippen LogP contribution in [0.2, 0.25) is 0 Å². The molecular weight excluding hydrogens is 313 g/mol. The first-order valence-electron chi connectivity index (χ1n) is 8.29. The Bertz CT molecular complexity index is 656. The topological polar surface area (TPSA) is 61.7 Å². The molecule has 3 saturated heterocycles. The Morgan fingerprint density at radius 2 is 2.12 bits per heavy atom. The maximum absolute atomic E-state index is 12.4. The van der Waals surface area contributed by atoms with Crippen LogP contribution in [-0.2, 0) is 11.3 Å². The molecule has 4 fully saturated rings. The summed E-state index contributed by atoms with van der Waals surface area (Å²) >= 11 is 0. The third-order valence-electron chi connectivity index (χ3n) is 5.32. The van der Waals surface area contributed by atoms with Crippen LogP contribution < -0.4 is 5.32 Å². The first kappa shape index (κ1) is 15.4. The Morgan fingerprint density at radius 1 is 1.33 bits per heavy atom. The number of urea groups is 1. The van der Waals surface area contributed by atoms with Crippen LogP contribution in [0.3, 0.4) is 0 Å². The molecule has 0 unspecified atom stereocenters. The molecule has 3 heterocycles. The number of ether oxygens (including phenoxy) is 1. The van der Waals surface area contributed by atoms with Crippen LogP contribution in [0.5, 0.6) is 0 Å². The van der Waals surface area contributed by atoms with E-state index >= 15 is 0 Å². The van der Waals surface area contributed by atoms with Gasteiger partial charge in [-0.15, -0.1) is 0 Å². The smallest absolute Gasteiger partial charge is 0.415 e. The average molecular weight is 333 g/mol. The molecule has 1 aliphatic carbocycles. The molecule has 3 atom stereocenters. The standard InChI is InChI=1S/C17H20FN3O3/c18-7-4-8-20-10-13-9-17(20)14(13)21(17)15(22)19-16(23)24-11-12-5-2-1-3-6-12/h1-3,5-6,13-14H,4,7-11H2,(H,19,22,23)/t13-,14+,17-,21?/m1/s1. The number of fused-ring (bicyclic) bond motifs is 1. The van der Waals surface area contributed by atoms with Gasteiger partial charge < -0.3 is 4.74 Å². The number of nitrogens with zero attached hydrogens (tertiary/aromatic N) is 2. The summed E-state index contributed by atoms with van der Waals surface area (Å²) in [4.78, 5) is 28.0. The quantitative estimate of drug-likeness (QED) is 0.839. The van der Waals surface area contributed by atoms with Crippen molar-refractivity contribution < 1.29 is 18.7 Å². The summed E-state index contributed by atoms with van der Waals surface area (Å²) in [5.41, 5.74) is 0.603. The van der Waals surface area contributed by atoms with Crippen molar-refractivity contribution >= 4 is 12.1 Å². The summed E-state index contributed by atoms with van der Waals surface area (Å²) in [6.07, 6.45) is 0.671. The molecular formula is C17H20FN3O3. The van der Waals surface area contributed by atoms with Crippen LogP contribution in [0.1, 0.15) is 18.4 Å². The lowest BCUT2D eigenvalue weighted by atomic mass is 9.86. The lowest BCUT2D eigenvalue weighted by Gasteiger charge is -2.24. The number of halogens is 1. The zero-order chi connectivity index (χ0) is 16.7. The van der Waals surface area contributed by atoms with E-state index in [-0.39, 0.29) is 25.0 Å². The highest BCUT2D eigenvalue weighted by atomic mass is 19.1. The first-order valence-corrected chi connectivity index (χ1v) is 8.29. The van der Waals surface area contributed by atoms with Crippen molar-refractivity contribution in [2.24, 2.45) is 5.92 Å². The zero-order valence-corrected chi connectivity index (χ0v) is 13.3. The maximum atomic E-state index is 12.4. The normalized spacial score (nSPS) is 29.6. The number of alkyl carbamates (subject to hydrolysis) is 1. The molecule has 0 radical (unpaired) electrons. The van der Waals surface area contributed by atoms with Crippen LogP contribution in [0, 0.1) is 5.92 Å². The number of likely N-dealkylation sites (tertiary alicyclic amines) is 1. The SMILES string of the molecule is O=C(NC(=O)N1[C@H]2[C@H]3CN(CCCF)[C@@]21C3)OCc1ccccc1. The lowest BCUT2D eigenvalue weighted by molar-refractivity contribution is 0.134. The van der Waals surface area contributed by atoms with E-state index in [1.165, 1.54) is 0 Å². The zero-order valence-electron chi connectivity index (χ0n) is 13.3. The number of rotatable bonds is 5. The number of benzene rings is 1. The van der Waals surface area contributed by atoms with E-state index in [0.717, 1.165) is 18.5 Å². The molecule has 1 spiro atoms. The highest BCUT2D eigenvalue weighted by Crippen LogP contribution is 2.67. The highest BCUT2D eigenvalue weighted by Gasteiger charge is 2.83. The summed E-state index contributed by atoms with van der Waals surface area (Å²) in [6, 6.07) is 9.06. The predicted octanol–water partition coefficient (Wildman–Crippen LogP) is 2.11. The first-order chi connectivity index (χ1) is 11.7. The number of amides is 3. The second-order valence-electron chi connectivity index (χ2n) is 6.64. The fourth-order valence-corrected chi connectivity index (χ4v) is 4.31. The molecule has 7 heteroatoms. The number of hydrogen-bond donors (Lipinski definition) is 1. The van der Waals surface area contributed by atoms with E-state index < -0.39 is 12.1 Å². The van der Waals surface area contributed by atoms with Crippen molar-refractivity contribution in [2.75, 3.05) is 19.8 Å². The molecule has 1 aromatic carbocycles. The van der Waals surface area contributed by atoms with Crippen molar-refractivity contribution in [3.8, 4) is 0 Å². The third kappa shape index (κ3) is 2.26. The molecule has 1 saturated carbocycles. The molecule has 1 aromatic rings. The van der Waals surface area contributed by atoms with Gasteiger partial charge in [0.1, 0.15) is 12.3 Å². The second kappa shape index (κ2) is 5.73. The van der Waals surface area contributed by atoms with Crippen LogP contribution in [0.4, 0.5) is 14.0 Å². The maximum Gasteiger partial charge on any atom is 0.415 e. The van der Waals surface area contributed by atoms with E-state index in [2.05, 4.69) is 10.2 Å². The van der Waals surface area contributed by atoms with E-state index in [0.29, 0.717) is 18.9 Å². The van der Waals surface area contributed by atoms with E-state index in [4.69, 9.17) is 4.74 Å². The van der Waals surface area contributed by atoms with Gasteiger partial charge in [-0.25, -0.2) is 14.9 Å². The van der Waals surface area contributed by atoms with E-state index in [9.17, 15) is 14.0 Å². The molecule has 128 valence electrons.